The monoisotopic (exact) mass is 288 g/mol. The number of aromatic nitrogens is 3. The van der Waals surface area contributed by atoms with Crippen LogP contribution >= 0.6 is 11.5 Å². The van der Waals surface area contributed by atoms with Gasteiger partial charge in [0.15, 0.2) is 0 Å². The van der Waals surface area contributed by atoms with Crippen molar-refractivity contribution in [2.45, 2.75) is 13.3 Å². The number of amides is 1. The van der Waals surface area contributed by atoms with Crippen LogP contribution in [0.1, 0.15) is 27.9 Å². The summed E-state index contributed by atoms with van der Waals surface area (Å²) in [5.41, 5.74) is 2.16. The van der Waals surface area contributed by atoms with Crippen molar-refractivity contribution >= 4 is 22.6 Å². The lowest BCUT2D eigenvalue weighted by Crippen LogP contribution is -2.12. The summed E-state index contributed by atoms with van der Waals surface area (Å²) in [6.45, 7) is 1.91. The predicted octanol–water partition coefficient (Wildman–Crippen LogP) is 1.23. The Hall–Kier alpha value is -2.30. The molecule has 2 aromatic rings. The average Bonchev–Trinajstić information content (AvgIpc) is 2.91. The highest BCUT2D eigenvalue weighted by molar-refractivity contribution is 7.09. The number of nitrogens with zero attached hydrogens (tertiary/aromatic N) is 3. The van der Waals surface area contributed by atoms with E-state index in [0.717, 1.165) is 22.7 Å². The number of anilines is 1. The first-order valence-electron chi connectivity index (χ1n) is 5.87. The lowest BCUT2D eigenvalue weighted by Gasteiger charge is -2.03. The van der Waals surface area contributed by atoms with Crippen LogP contribution in [-0.4, -0.2) is 32.4 Å². The van der Waals surface area contributed by atoms with Crippen LogP contribution < -0.4 is 5.32 Å². The zero-order valence-corrected chi connectivity index (χ0v) is 11.6. The van der Waals surface area contributed by atoms with Crippen molar-refractivity contribution in [1.82, 2.24) is 14.8 Å². The molecule has 1 amide bonds. The summed E-state index contributed by atoms with van der Waals surface area (Å²) >= 11 is 1.01. The number of carbonyl (C=O) groups is 1. The Labute approximate surface area is 120 Å². The Morgan fingerprint density at radius 3 is 3.00 bits per heavy atom. The van der Waals surface area contributed by atoms with E-state index in [1.54, 1.807) is 12.1 Å². The molecule has 1 aromatic heterocycles. The molecule has 7 heteroatoms. The molecule has 0 atom stereocenters. The first-order chi connectivity index (χ1) is 9.69. The van der Waals surface area contributed by atoms with Gasteiger partial charge in [-0.15, -0.1) is 0 Å². The van der Waals surface area contributed by atoms with E-state index in [1.165, 1.54) is 0 Å². The first kappa shape index (κ1) is 14.1. The lowest BCUT2D eigenvalue weighted by atomic mass is 10.1. The van der Waals surface area contributed by atoms with E-state index in [9.17, 15) is 4.79 Å². The summed E-state index contributed by atoms with van der Waals surface area (Å²) < 4.78 is 3.57. The number of carbonyl (C=O) groups excluding carboxylic acids is 1. The average molecular weight is 288 g/mol. The highest BCUT2D eigenvalue weighted by atomic mass is 32.1. The standard InChI is InChI=1S/C13H12N4O2S/c1-9-6-10(4-2-3-5-18)8-11(7-9)12(19)14-13-15-16-17-20-13/h6-8,18H,3,5H2,1H3,(H,14,15,17,19). The molecule has 2 rings (SSSR count). The molecular formula is C13H12N4O2S. The van der Waals surface area contributed by atoms with Crippen molar-refractivity contribution < 1.29 is 9.90 Å². The summed E-state index contributed by atoms with van der Waals surface area (Å²) in [4.78, 5) is 12.1. The van der Waals surface area contributed by atoms with Crippen molar-refractivity contribution in [1.29, 1.82) is 0 Å². The maximum absolute atomic E-state index is 12.1. The Morgan fingerprint density at radius 2 is 2.30 bits per heavy atom. The zero-order valence-electron chi connectivity index (χ0n) is 10.8. The summed E-state index contributed by atoms with van der Waals surface area (Å²) in [6.07, 6.45) is 0.409. The Balaban J connectivity index is 2.19. The molecule has 2 N–H and O–H groups in total. The molecule has 0 spiro atoms. The zero-order chi connectivity index (χ0) is 14.4. The second-order valence-electron chi connectivity index (χ2n) is 3.98. The number of aliphatic hydroxyl groups excluding tert-OH is 1. The number of hydrogen-bond donors (Lipinski definition) is 2. The fraction of sp³-hybridized carbons (Fsp3) is 0.231. The van der Waals surface area contributed by atoms with Gasteiger partial charge in [-0.25, -0.2) is 0 Å². The summed E-state index contributed by atoms with van der Waals surface area (Å²) in [6, 6.07) is 5.34. The molecule has 0 unspecified atom stereocenters. The van der Waals surface area contributed by atoms with Gasteiger partial charge in [-0.3, -0.25) is 10.1 Å². The van der Waals surface area contributed by atoms with Gasteiger partial charge in [0.2, 0.25) is 5.13 Å². The van der Waals surface area contributed by atoms with Crippen LogP contribution in [0, 0.1) is 18.8 Å². The van der Waals surface area contributed by atoms with Gasteiger partial charge < -0.3 is 5.11 Å². The third kappa shape index (κ3) is 3.85. The van der Waals surface area contributed by atoms with Gasteiger partial charge in [0.25, 0.3) is 5.91 Å². The first-order valence-corrected chi connectivity index (χ1v) is 6.64. The van der Waals surface area contributed by atoms with E-state index in [-0.39, 0.29) is 12.5 Å². The molecule has 0 fully saturated rings. The number of rotatable bonds is 3. The second-order valence-corrected chi connectivity index (χ2v) is 4.72. The lowest BCUT2D eigenvalue weighted by molar-refractivity contribution is 0.102. The van der Waals surface area contributed by atoms with E-state index < -0.39 is 0 Å². The minimum atomic E-state index is -0.280. The van der Waals surface area contributed by atoms with E-state index in [4.69, 9.17) is 5.11 Å². The SMILES string of the molecule is Cc1cc(C#CCCO)cc(C(=O)Nc2nnns2)c1. The molecule has 0 aliphatic heterocycles. The number of aliphatic hydroxyl groups is 1. The molecule has 6 nitrogen and oxygen atoms in total. The molecule has 0 bridgehead atoms. The molecular weight excluding hydrogens is 276 g/mol. The van der Waals surface area contributed by atoms with Crippen LogP contribution in [0.3, 0.4) is 0 Å². The van der Waals surface area contributed by atoms with Gasteiger partial charge in [0.1, 0.15) is 0 Å². The van der Waals surface area contributed by atoms with Crippen molar-refractivity contribution in [3.05, 3.63) is 34.9 Å². The minimum absolute atomic E-state index is 0.0240. The van der Waals surface area contributed by atoms with Crippen LogP contribution in [0.5, 0.6) is 0 Å². The Bertz CT molecular complexity index is 659. The van der Waals surface area contributed by atoms with Gasteiger partial charge in [-0.05, 0) is 35.9 Å². The van der Waals surface area contributed by atoms with Crippen LogP contribution in [0.2, 0.25) is 0 Å². The van der Waals surface area contributed by atoms with E-state index >= 15 is 0 Å². The van der Waals surface area contributed by atoms with Gasteiger partial charge >= 0.3 is 0 Å². The number of benzene rings is 1. The number of aryl methyl sites for hydroxylation is 1. The number of hydrogen-bond acceptors (Lipinski definition) is 6. The highest BCUT2D eigenvalue weighted by Crippen LogP contribution is 2.12. The normalized spacial score (nSPS) is 9.70. The van der Waals surface area contributed by atoms with Gasteiger partial charge in [0.05, 0.1) is 6.61 Å². The topological polar surface area (TPSA) is 88.0 Å². The van der Waals surface area contributed by atoms with Crippen molar-refractivity contribution in [2.75, 3.05) is 11.9 Å². The van der Waals surface area contributed by atoms with Crippen LogP contribution in [-0.2, 0) is 0 Å². The third-order valence-electron chi connectivity index (χ3n) is 2.33. The quantitative estimate of drug-likeness (QED) is 0.829. The van der Waals surface area contributed by atoms with Crippen LogP contribution in [0.4, 0.5) is 5.13 Å². The maximum atomic E-state index is 12.1. The van der Waals surface area contributed by atoms with Gasteiger partial charge in [0, 0.05) is 29.1 Å². The molecule has 1 aromatic carbocycles. The number of nitrogens with one attached hydrogen (secondary N) is 1. The summed E-state index contributed by atoms with van der Waals surface area (Å²) in [7, 11) is 0. The van der Waals surface area contributed by atoms with E-state index in [2.05, 4.69) is 32.0 Å². The summed E-state index contributed by atoms with van der Waals surface area (Å²) in [5.74, 6) is 5.46. The van der Waals surface area contributed by atoms with Crippen molar-refractivity contribution in [3.8, 4) is 11.8 Å². The molecule has 0 saturated heterocycles. The van der Waals surface area contributed by atoms with Gasteiger partial charge in [-0.2, -0.15) is 0 Å². The predicted molar refractivity (Wildman–Crippen MR) is 75.4 cm³/mol. The molecule has 0 saturated carbocycles. The molecule has 20 heavy (non-hydrogen) atoms. The Kier molecular flexibility index (Phi) is 4.76. The molecule has 0 radical (unpaired) electrons. The Morgan fingerprint density at radius 1 is 1.45 bits per heavy atom. The molecule has 102 valence electrons. The van der Waals surface area contributed by atoms with Crippen LogP contribution in [0.15, 0.2) is 18.2 Å². The van der Waals surface area contributed by atoms with E-state index in [0.29, 0.717) is 17.1 Å². The van der Waals surface area contributed by atoms with Gasteiger partial charge in [-0.1, -0.05) is 21.4 Å². The maximum Gasteiger partial charge on any atom is 0.257 e. The van der Waals surface area contributed by atoms with E-state index in [1.807, 2.05) is 13.0 Å². The van der Waals surface area contributed by atoms with Crippen molar-refractivity contribution in [2.24, 2.45) is 0 Å². The molecule has 1 heterocycles. The third-order valence-corrected chi connectivity index (χ3v) is 2.84. The molecule has 0 aliphatic carbocycles. The minimum Gasteiger partial charge on any atom is -0.395 e. The van der Waals surface area contributed by atoms with Crippen LogP contribution in [0.25, 0.3) is 0 Å². The second kappa shape index (κ2) is 6.75. The molecule has 0 aliphatic rings. The highest BCUT2D eigenvalue weighted by Gasteiger charge is 2.09. The fourth-order valence-corrected chi connectivity index (χ4v) is 1.92. The smallest absolute Gasteiger partial charge is 0.257 e. The largest absolute Gasteiger partial charge is 0.395 e. The fourth-order valence-electron chi connectivity index (χ4n) is 1.56. The summed E-state index contributed by atoms with van der Waals surface area (Å²) in [5, 5.41) is 18.7. The van der Waals surface area contributed by atoms with Crippen molar-refractivity contribution in [3.63, 3.8) is 0 Å².